The summed E-state index contributed by atoms with van der Waals surface area (Å²) in [4.78, 5) is 25.0. The first-order chi connectivity index (χ1) is 12.5. The lowest BCUT2D eigenvalue weighted by Crippen LogP contribution is -2.51. The number of hydrogen-bond donors (Lipinski definition) is 2. The van der Waals surface area contributed by atoms with E-state index >= 15 is 0 Å². The van der Waals surface area contributed by atoms with Gasteiger partial charge in [-0.1, -0.05) is 60.7 Å². The molecule has 0 aliphatic carbocycles. The van der Waals surface area contributed by atoms with E-state index in [-0.39, 0.29) is 5.91 Å². The Morgan fingerprint density at radius 1 is 1.08 bits per heavy atom. The molecule has 0 fully saturated rings. The summed E-state index contributed by atoms with van der Waals surface area (Å²) >= 11 is 0. The van der Waals surface area contributed by atoms with Gasteiger partial charge in [0.2, 0.25) is 11.8 Å². The van der Waals surface area contributed by atoms with Crippen molar-refractivity contribution in [1.29, 1.82) is 0 Å². The van der Waals surface area contributed by atoms with E-state index in [4.69, 9.17) is 12.2 Å². The Hall–Kier alpha value is -3.06. The molecular weight excluding hydrogens is 324 g/mol. The fourth-order valence-corrected chi connectivity index (χ4v) is 2.97. The third-order valence-corrected chi connectivity index (χ3v) is 4.62. The van der Waals surface area contributed by atoms with Crippen molar-refractivity contribution in [2.45, 2.75) is 37.6 Å². The first-order valence-corrected chi connectivity index (χ1v) is 8.65. The average Bonchev–Trinajstić information content (AvgIpc) is 2.67. The maximum absolute atomic E-state index is 13.3. The third-order valence-electron chi connectivity index (χ3n) is 4.62. The number of nitrogens with one attached hydrogen (secondary N) is 1. The number of primary amides is 1. The lowest BCUT2D eigenvalue weighted by atomic mass is 9.75. The zero-order chi connectivity index (χ0) is 19.0. The SMILES string of the molecule is C#CCCC[C@H](NC(=O)C(C)(c1ccccc1)c1ccccc1)C(N)=O. The molecule has 0 spiro atoms. The zero-order valence-corrected chi connectivity index (χ0v) is 14.9. The molecule has 2 aromatic rings. The Bertz CT molecular complexity index is 739. The van der Waals surface area contributed by atoms with E-state index in [0.29, 0.717) is 19.3 Å². The number of carbonyl (C=O) groups excluding carboxylic acids is 2. The van der Waals surface area contributed by atoms with Gasteiger partial charge in [0.25, 0.3) is 0 Å². The Kier molecular flexibility index (Phi) is 6.57. The van der Waals surface area contributed by atoms with Crippen LogP contribution in [-0.4, -0.2) is 17.9 Å². The molecule has 26 heavy (non-hydrogen) atoms. The molecule has 2 amide bonds. The molecule has 2 aromatic carbocycles. The van der Waals surface area contributed by atoms with Gasteiger partial charge in [0.15, 0.2) is 0 Å². The monoisotopic (exact) mass is 348 g/mol. The summed E-state index contributed by atoms with van der Waals surface area (Å²) in [5.74, 6) is 1.71. The van der Waals surface area contributed by atoms with E-state index in [1.54, 1.807) is 0 Å². The minimum Gasteiger partial charge on any atom is -0.368 e. The predicted octanol–water partition coefficient (Wildman–Crippen LogP) is 2.77. The first kappa shape index (κ1) is 19.3. The van der Waals surface area contributed by atoms with Crippen LogP contribution in [0, 0.1) is 12.3 Å². The van der Waals surface area contributed by atoms with Gasteiger partial charge in [0.05, 0.1) is 5.41 Å². The van der Waals surface area contributed by atoms with Crippen LogP contribution < -0.4 is 11.1 Å². The molecule has 0 aromatic heterocycles. The van der Waals surface area contributed by atoms with Crippen molar-refractivity contribution in [1.82, 2.24) is 5.32 Å². The van der Waals surface area contributed by atoms with Gasteiger partial charge in [0.1, 0.15) is 6.04 Å². The summed E-state index contributed by atoms with van der Waals surface area (Å²) in [7, 11) is 0. The molecule has 0 heterocycles. The van der Waals surface area contributed by atoms with Gasteiger partial charge in [-0.3, -0.25) is 9.59 Å². The topological polar surface area (TPSA) is 72.2 Å². The second-order valence-electron chi connectivity index (χ2n) is 6.38. The Morgan fingerprint density at radius 2 is 1.58 bits per heavy atom. The Balaban J connectivity index is 2.35. The van der Waals surface area contributed by atoms with E-state index < -0.39 is 17.4 Å². The van der Waals surface area contributed by atoms with Crippen LogP contribution in [0.3, 0.4) is 0 Å². The molecule has 0 bridgehead atoms. The van der Waals surface area contributed by atoms with Crippen molar-refractivity contribution in [3.8, 4) is 12.3 Å². The Morgan fingerprint density at radius 3 is 2.00 bits per heavy atom. The van der Waals surface area contributed by atoms with E-state index in [0.717, 1.165) is 11.1 Å². The summed E-state index contributed by atoms with van der Waals surface area (Å²) in [5, 5.41) is 2.83. The quantitative estimate of drug-likeness (QED) is 0.569. The molecule has 0 aliphatic rings. The van der Waals surface area contributed by atoms with Crippen LogP contribution in [0.25, 0.3) is 0 Å². The van der Waals surface area contributed by atoms with Gasteiger partial charge in [0, 0.05) is 6.42 Å². The van der Waals surface area contributed by atoms with Crippen LogP contribution in [0.1, 0.15) is 37.3 Å². The van der Waals surface area contributed by atoms with Crippen LogP contribution in [0.2, 0.25) is 0 Å². The number of terminal acetylenes is 1. The van der Waals surface area contributed by atoms with Gasteiger partial charge < -0.3 is 11.1 Å². The van der Waals surface area contributed by atoms with E-state index in [2.05, 4.69) is 11.2 Å². The highest BCUT2D eigenvalue weighted by atomic mass is 16.2. The molecule has 0 unspecified atom stereocenters. The second-order valence-corrected chi connectivity index (χ2v) is 6.38. The number of benzene rings is 2. The molecule has 3 N–H and O–H groups in total. The van der Waals surface area contributed by atoms with E-state index in [9.17, 15) is 9.59 Å². The fraction of sp³-hybridized carbons (Fsp3) is 0.273. The summed E-state index contributed by atoms with van der Waals surface area (Å²) in [6.07, 6.45) is 6.84. The molecule has 0 saturated heterocycles. The van der Waals surface area contributed by atoms with Gasteiger partial charge in [-0.05, 0) is 30.9 Å². The van der Waals surface area contributed by atoms with E-state index in [1.165, 1.54) is 0 Å². The molecular formula is C22H24N2O2. The smallest absolute Gasteiger partial charge is 0.240 e. The maximum atomic E-state index is 13.3. The number of rotatable bonds is 8. The Labute approximate surface area is 154 Å². The van der Waals surface area contributed by atoms with Crippen molar-refractivity contribution in [3.63, 3.8) is 0 Å². The van der Waals surface area contributed by atoms with Crippen LogP contribution in [0.5, 0.6) is 0 Å². The molecule has 0 radical (unpaired) electrons. The molecule has 4 nitrogen and oxygen atoms in total. The number of carbonyl (C=O) groups is 2. The van der Waals surface area contributed by atoms with Crippen molar-refractivity contribution >= 4 is 11.8 Å². The van der Waals surface area contributed by atoms with Gasteiger partial charge in [-0.25, -0.2) is 0 Å². The average molecular weight is 348 g/mol. The predicted molar refractivity (Wildman–Crippen MR) is 103 cm³/mol. The van der Waals surface area contributed by atoms with Gasteiger partial charge in [-0.15, -0.1) is 12.3 Å². The van der Waals surface area contributed by atoms with Crippen molar-refractivity contribution < 1.29 is 9.59 Å². The highest BCUT2D eigenvalue weighted by Gasteiger charge is 2.38. The second kappa shape index (κ2) is 8.87. The highest BCUT2D eigenvalue weighted by Crippen LogP contribution is 2.32. The van der Waals surface area contributed by atoms with Crippen molar-refractivity contribution in [2.75, 3.05) is 0 Å². The molecule has 0 saturated carbocycles. The van der Waals surface area contributed by atoms with Crippen LogP contribution in [0.4, 0.5) is 0 Å². The largest absolute Gasteiger partial charge is 0.368 e. The lowest BCUT2D eigenvalue weighted by Gasteiger charge is -2.31. The number of hydrogen-bond acceptors (Lipinski definition) is 2. The molecule has 2 rings (SSSR count). The highest BCUT2D eigenvalue weighted by molar-refractivity contribution is 5.95. The van der Waals surface area contributed by atoms with Crippen LogP contribution in [0.15, 0.2) is 60.7 Å². The minimum absolute atomic E-state index is 0.264. The minimum atomic E-state index is -0.942. The standard InChI is InChI=1S/C22H24N2O2/c1-3-4-7-16-19(20(23)25)24-21(26)22(2,17-12-8-5-9-13-17)18-14-10-6-11-15-18/h1,5-6,8-15,19H,4,7,16H2,2H3,(H2,23,25)(H,24,26)/t19-/m0/s1. The summed E-state index contributed by atoms with van der Waals surface area (Å²) < 4.78 is 0. The third kappa shape index (κ3) is 4.31. The summed E-state index contributed by atoms with van der Waals surface area (Å²) in [6, 6.07) is 18.2. The molecule has 0 aliphatic heterocycles. The molecule has 4 heteroatoms. The molecule has 1 atom stereocenters. The van der Waals surface area contributed by atoms with Gasteiger partial charge in [-0.2, -0.15) is 0 Å². The fourth-order valence-electron chi connectivity index (χ4n) is 2.97. The number of amides is 2. The van der Waals surface area contributed by atoms with E-state index in [1.807, 2.05) is 67.6 Å². The van der Waals surface area contributed by atoms with Gasteiger partial charge >= 0.3 is 0 Å². The normalized spacial score (nSPS) is 12.0. The maximum Gasteiger partial charge on any atom is 0.240 e. The molecule has 134 valence electrons. The summed E-state index contributed by atoms with van der Waals surface area (Å²) in [6.45, 7) is 1.85. The zero-order valence-electron chi connectivity index (χ0n) is 14.9. The van der Waals surface area contributed by atoms with Crippen LogP contribution >= 0.6 is 0 Å². The summed E-state index contributed by atoms with van der Waals surface area (Å²) in [5.41, 5.74) is 6.23. The number of unbranched alkanes of at least 4 members (excludes halogenated alkanes) is 1. The van der Waals surface area contributed by atoms with Crippen molar-refractivity contribution in [3.05, 3.63) is 71.8 Å². The van der Waals surface area contributed by atoms with Crippen LogP contribution in [-0.2, 0) is 15.0 Å². The lowest BCUT2D eigenvalue weighted by molar-refractivity contribution is -0.130. The first-order valence-electron chi connectivity index (χ1n) is 8.65. The number of nitrogens with two attached hydrogens (primary N) is 1. The van der Waals surface area contributed by atoms with Crippen molar-refractivity contribution in [2.24, 2.45) is 5.73 Å².